The van der Waals surface area contributed by atoms with Crippen molar-refractivity contribution in [1.82, 2.24) is 4.90 Å². The number of hydrogen-bond donors (Lipinski definition) is 1. The Hall–Kier alpha value is -3.40. The van der Waals surface area contributed by atoms with Gasteiger partial charge in [-0.05, 0) is 38.1 Å². The second kappa shape index (κ2) is 10.1. The highest BCUT2D eigenvalue weighted by molar-refractivity contribution is 6.13. The van der Waals surface area contributed by atoms with Crippen LogP contribution in [0.1, 0.15) is 19.4 Å². The van der Waals surface area contributed by atoms with Gasteiger partial charge in [-0.3, -0.25) is 0 Å². The zero-order chi connectivity index (χ0) is 19.6. The monoisotopic (exact) mass is 370 g/mol. The summed E-state index contributed by atoms with van der Waals surface area (Å²) in [5.74, 6) is 1.46. The van der Waals surface area contributed by atoms with Crippen molar-refractivity contribution >= 4 is 23.2 Å². The van der Waals surface area contributed by atoms with Crippen molar-refractivity contribution in [3.05, 3.63) is 96.6 Å². The molecule has 0 saturated carbocycles. The van der Waals surface area contributed by atoms with Crippen molar-refractivity contribution in [2.45, 2.75) is 13.8 Å². The van der Waals surface area contributed by atoms with Crippen LogP contribution in [0, 0.1) is 0 Å². The minimum Gasteiger partial charge on any atom is -0.341 e. The third kappa shape index (κ3) is 5.30. The topological polar surface area (TPSA) is 40.0 Å². The number of nitrogens with one attached hydrogen (secondary N) is 1. The average molecular weight is 371 g/mol. The maximum Gasteiger partial charge on any atom is 0.227 e. The maximum atomic E-state index is 4.96. The quantitative estimate of drug-likeness (QED) is 0.471. The Morgan fingerprint density at radius 3 is 1.86 bits per heavy atom. The van der Waals surface area contributed by atoms with Gasteiger partial charge in [0.2, 0.25) is 5.96 Å². The number of benzene rings is 3. The Kier molecular flexibility index (Phi) is 6.96. The van der Waals surface area contributed by atoms with Gasteiger partial charge in [0.15, 0.2) is 0 Å². The minimum absolute atomic E-state index is 0.693. The van der Waals surface area contributed by atoms with Gasteiger partial charge in [-0.1, -0.05) is 66.7 Å². The van der Waals surface area contributed by atoms with Gasteiger partial charge in [0.25, 0.3) is 0 Å². The van der Waals surface area contributed by atoms with Crippen LogP contribution in [0.3, 0.4) is 0 Å². The molecule has 1 N–H and O–H groups in total. The first-order valence-electron chi connectivity index (χ1n) is 9.65. The molecular formula is C24H26N4. The predicted molar refractivity (Wildman–Crippen MR) is 120 cm³/mol. The van der Waals surface area contributed by atoms with Crippen molar-refractivity contribution in [1.29, 1.82) is 0 Å². The van der Waals surface area contributed by atoms with E-state index >= 15 is 0 Å². The van der Waals surface area contributed by atoms with Crippen LogP contribution < -0.4 is 5.32 Å². The summed E-state index contributed by atoms with van der Waals surface area (Å²) in [5, 5.41) is 3.46. The molecule has 0 saturated heterocycles. The number of para-hydroxylation sites is 2. The standard InChI is InChI=1S/C24H26N4/c1-3-28(4-2)24(26-22-18-12-7-13-19-22)27-23(20-14-8-5-9-15-20)25-21-16-10-6-11-17-21/h5-19H,3-4H2,1-2H3,(H,25,26,27). The summed E-state index contributed by atoms with van der Waals surface area (Å²) in [7, 11) is 0. The zero-order valence-corrected chi connectivity index (χ0v) is 16.4. The number of aliphatic imine (C=N–C) groups is 2. The van der Waals surface area contributed by atoms with Gasteiger partial charge in [-0.25, -0.2) is 4.99 Å². The Labute approximate surface area is 167 Å². The molecule has 142 valence electrons. The van der Waals surface area contributed by atoms with E-state index in [4.69, 9.17) is 9.98 Å². The second-order valence-electron chi connectivity index (χ2n) is 6.24. The minimum atomic E-state index is 0.693. The van der Waals surface area contributed by atoms with Gasteiger partial charge in [-0.2, -0.15) is 4.99 Å². The molecule has 3 aromatic rings. The Bertz CT molecular complexity index is 899. The van der Waals surface area contributed by atoms with Crippen LogP contribution >= 0.6 is 0 Å². The van der Waals surface area contributed by atoms with Crippen LogP contribution in [0.4, 0.5) is 11.4 Å². The van der Waals surface area contributed by atoms with Crippen molar-refractivity contribution in [3.63, 3.8) is 0 Å². The summed E-state index contributed by atoms with van der Waals surface area (Å²) in [6.45, 7) is 5.90. The van der Waals surface area contributed by atoms with Crippen molar-refractivity contribution in [3.8, 4) is 0 Å². The van der Waals surface area contributed by atoms with E-state index in [9.17, 15) is 0 Å². The third-order valence-corrected chi connectivity index (χ3v) is 4.33. The fourth-order valence-corrected chi connectivity index (χ4v) is 2.81. The lowest BCUT2D eigenvalue weighted by atomic mass is 10.2. The van der Waals surface area contributed by atoms with Crippen LogP contribution in [0.2, 0.25) is 0 Å². The predicted octanol–water partition coefficient (Wildman–Crippen LogP) is 5.57. The largest absolute Gasteiger partial charge is 0.341 e. The SMILES string of the molecule is CCN(CC)C(N=C(Nc1ccccc1)c1ccccc1)=Nc1ccccc1. The van der Waals surface area contributed by atoms with Gasteiger partial charge in [0.05, 0.1) is 5.69 Å². The molecule has 0 heterocycles. The number of anilines is 1. The fraction of sp³-hybridized carbons (Fsp3) is 0.167. The van der Waals surface area contributed by atoms with Gasteiger partial charge >= 0.3 is 0 Å². The van der Waals surface area contributed by atoms with E-state index in [2.05, 4.69) is 36.2 Å². The molecule has 0 amide bonds. The zero-order valence-electron chi connectivity index (χ0n) is 16.4. The van der Waals surface area contributed by atoms with Crippen LogP contribution in [-0.4, -0.2) is 29.8 Å². The molecule has 0 aliphatic rings. The molecule has 0 aromatic heterocycles. The first kappa shape index (κ1) is 19.4. The van der Waals surface area contributed by atoms with E-state index in [0.717, 1.165) is 35.9 Å². The number of hydrogen-bond acceptors (Lipinski definition) is 1. The van der Waals surface area contributed by atoms with E-state index in [1.807, 2.05) is 78.9 Å². The molecule has 0 spiro atoms. The lowest BCUT2D eigenvalue weighted by Gasteiger charge is -2.21. The van der Waals surface area contributed by atoms with Crippen LogP contribution in [0.15, 0.2) is 101 Å². The van der Waals surface area contributed by atoms with Crippen molar-refractivity contribution < 1.29 is 0 Å². The molecule has 0 unspecified atom stereocenters. The molecule has 4 heteroatoms. The number of amidine groups is 1. The lowest BCUT2D eigenvalue weighted by molar-refractivity contribution is 0.461. The molecule has 4 nitrogen and oxygen atoms in total. The summed E-state index contributed by atoms with van der Waals surface area (Å²) in [5.41, 5.74) is 2.89. The van der Waals surface area contributed by atoms with Gasteiger partial charge in [-0.15, -0.1) is 0 Å². The fourth-order valence-electron chi connectivity index (χ4n) is 2.81. The molecule has 0 bridgehead atoms. The Morgan fingerprint density at radius 2 is 1.29 bits per heavy atom. The maximum absolute atomic E-state index is 4.96. The molecule has 0 aliphatic heterocycles. The Morgan fingerprint density at radius 1 is 0.750 bits per heavy atom. The first-order valence-corrected chi connectivity index (χ1v) is 9.65. The molecule has 0 atom stereocenters. The van der Waals surface area contributed by atoms with E-state index in [-0.39, 0.29) is 0 Å². The van der Waals surface area contributed by atoms with Crippen LogP contribution in [0.25, 0.3) is 0 Å². The van der Waals surface area contributed by atoms with E-state index in [0.29, 0.717) is 5.96 Å². The molecule has 0 aliphatic carbocycles. The molecule has 0 radical (unpaired) electrons. The number of nitrogens with zero attached hydrogens (tertiary/aromatic N) is 3. The summed E-state index contributed by atoms with van der Waals surface area (Å²) >= 11 is 0. The molecule has 28 heavy (non-hydrogen) atoms. The Balaban J connectivity index is 2.06. The average Bonchev–Trinajstić information content (AvgIpc) is 2.76. The summed E-state index contributed by atoms with van der Waals surface area (Å²) < 4.78 is 0. The van der Waals surface area contributed by atoms with Crippen LogP contribution in [-0.2, 0) is 0 Å². The molecular weight excluding hydrogens is 344 g/mol. The number of rotatable bonds is 5. The van der Waals surface area contributed by atoms with Crippen molar-refractivity contribution in [2.24, 2.45) is 9.98 Å². The van der Waals surface area contributed by atoms with Gasteiger partial charge in [0.1, 0.15) is 5.84 Å². The second-order valence-corrected chi connectivity index (χ2v) is 6.24. The lowest BCUT2D eigenvalue weighted by Crippen LogP contribution is -2.31. The normalized spacial score (nSPS) is 11.9. The van der Waals surface area contributed by atoms with Crippen molar-refractivity contribution in [2.75, 3.05) is 18.4 Å². The molecule has 3 aromatic carbocycles. The van der Waals surface area contributed by atoms with Crippen LogP contribution in [0.5, 0.6) is 0 Å². The molecule has 0 fully saturated rings. The highest BCUT2D eigenvalue weighted by Gasteiger charge is 2.11. The van der Waals surface area contributed by atoms with Gasteiger partial charge < -0.3 is 10.2 Å². The summed E-state index contributed by atoms with van der Waals surface area (Å²) in [6, 6.07) is 30.2. The smallest absolute Gasteiger partial charge is 0.227 e. The summed E-state index contributed by atoms with van der Waals surface area (Å²) in [4.78, 5) is 11.9. The van der Waals surface area contributed by atoms with E-state index < -0.39 is 0 Å². The number of guanidine groups is 1. The highest BCUT2D eigenvalue weighted by atomic mass is 15.3. The van der Waals surface area contributed by atoms with E-state index in [1.54, 1.807) is 0 Å². The third-order valence-electron chi connectivity index (χ3n) is 4.33. The highest BCUT2D eigenvalue weighted by Crippen LogP contribution is 2.14. The first-order chi connectivity index (χ1) is 13.8. The van der Waals surface area contributed by atoms with Gasteiger partial charge in [0, 0.05) is 24.3 Å². The molecule has 3 rings (SSSR count). The van der Waals surface area contributed by atoms with E-state index in [1.165, 1.54) is 0 Å². The summed E-state index contributed by atoms with van der Waals surface area (Å²) in [6.07, 6.45) is 0.